The molecule has 1 aliphatic rings. The number of rotatable bonds is 4. The van der Waals surface area contributed by atoms with Gasteiger partial charge in [0.2, 0.25) is 0 Å². The standard InChI is InChI=1S/C51H35N3/c1-51(2)42-23-12-11-22-39(42)47-43(51)27-26-40-48(33-15-5-3-6-16-33)52-50(53-49(40)47)36-18-13-17-34(30-36)35-25-28-44-41(31-35)46-38-21-10-9-14-32(38)24-29-45(46)54(44)37-19-7-4-8-20-37/h3-31H,1-2H3. The summed E-state index contributed by atoms with van der Waals surface area (Å²) in [6.45, 7) is 4.65. The molecular formula is C51H35N3. The second kappa shape index (κ2) is 11.6. The Bertz CT molecular complexity index is 3120. The molecule has 0 saturated heterocycles. The van der Waals surface area contributed by atoms with E-state index in [1.807, 2.05) is 0 Å². The Morgan fingerprint density at radius 1 is 0.463 bits per heavy atom. The van der Waals surface area contributed by atoms with Gasteiger partial charge in [-0.05, 0) is 75.0 Å². The Balaban J connectivity index is 1.13. The predicted molar refractivity (Wildman–Crippen MR) is 225 cm³/mol. The first-order valence-corrected chi connectivity index (χ1v) is 18.7. The summed E-state index contributed by atoms with van der Waals surface area (Å²) < 4.78 is 2.39. The molecule has 11 rings (SSSR count). The van der Waals surface area contributed by atoms with Crippen LogP contribution in [0.5, 0.6) is 0 Å². The maximum atomic E-state index is 5.45. The maximum absolute atomic E-state index is 5.45. The van der Waals surface area contributed by atoms with Gasteiger partial charge in [0.25, 0.3) is 0 Å². The van der Waals surface area contributed by atoms with Gasteiger partial charge in [-0.3, -0.25) is 0 Å². The van der Waals surface area contributed by atoms with Crippen molar-refractivity contribution in [1.82, 2.24) is 14.5 Å². The van der Waals surface area contributed by atoms with Gasteiger partial charge in [0, 0.05) is 44.0 Å². The highest BCUT2D eigenvalue weighted by molar-refractivity contribution is 6.22. The van der Waals surface area contributed by atoms with Crippen molar-refractivity contribution in [2.75, 3.05) is 0 Å². The van der Waals surface area contributed by atoms with Crippen LogP contribution in [0.25, 0.3) is 94.1 Å². The quantitative estimate of drug-likeness (QED) is 0.184. The summed E-state index contributed by atoms with van der Waals surface area (Å²) >= 11 is 0. The zero-order valence-electron chi connectivity index (χ0n) is 30.1. The molecule has 254 valence electrons. The molecule has 2 heterocycles. The molecule has 8 aromatic carbocycles. The summed E-state index contributed by atoms with van der Waals surface area (Å²) in [4.78, 5) is 10.8. The summed E-state index contributed by atoms with van der Waals surface area (Å²) in [5.74, 6) is 0.728. The Kier molecular flexibility index (Phi) is 6.60. The third-order valence-corrected chi connectivity index (χ3v) is 11.6. The number of hydrogen-bond donors (Lipinski definition) is 0. The van der Waals surface area contributed by atoms with Crippen molar-refractivity contribution in [2.24, 2.45) is 0 Å². The van der Waals surface area contributed by atoms with E-state index in [1.165, 1.54) is 54.8 Å². The fourth-order valence-corrected chi connectivity index (χ4v) is 8.99. The highest BCUT2D eigenvalue weighted by Crippen LogP contribution is 2.51. The molecule has 0 bridgehead atoms. The first-order valence-electron chi connectivity index (χ1n) is 18.7. The lowest BCUT2D eigenvalue weighted by Crippen LogP contribution is -2.14. The van der Waals surface area contributed by atoms with Crippen LogP contribution in [0.4, 0.5) is 0 Å². The van der Waals surface area contributed by atoms with E-state index in [0.717, 1.165) is 50.4 Å². The van der Waals surface area contributed by atoms with Crippen LogP contribution in [0.1, 0.15) is 25.0 Å². The maximum Gasteiger partial charge on any atom is 0.160 e. The van der Waals surface area contributed by atoms with Gasteiger partial charge in [-0.25, -0.2) is 9.97 Å². The number of benzene rings is 8. The second-order valence-corrected chi connectivity index (χ2v) is 15.0. The van der Waals surface area contributed by atoms with Crippen LogP contribution in [0.3, 0.4) is 0 Å². The molecule has 0 N–H and O–H groups in total. The van der Waals surface area contributed by atoms with Gasteiger partial charge in [-0.1, -0.05) is 153 Å². The SMILES string of the molecule is CC1(C)c2ccccc2-c2c1ccc1c(-c3ccccc3)nc(-c3cccc(-c4ccc5c(c4)c4c6ccccc6ccc4n5-c4ccccc4)c3)nc21. The van der Waals surface area contributed by atoms with Crippen LogP contribution in [-0.4, -0.2) is 14.5 Å². The zero-order valence-corrected chi connectivity index (χ0v) is 30.1. The topological polar surface area (TPSA) is 30.7 Å². The van der Waals surface area contributed by atoms with E-state index >= 15 is 0 Å². The van der Waals surface area contributed by atoms with E-state index in [0.29, 0.717) is 0 Å². The molecule has 0 atom stereocenters. The van der Waals surface area contributed by atoms with Crippen LogP contribution in [0.2, 0.25) is 0 Å². The first kappa shape index (κ1) is 30.8. The van der Waals surface area contributed by atoms with E-state index in [-0.39, 0.29) is 5.41 Å². The minimum absolute atomic E-state index is 0.119. The molecule has 2 aromatic heterocycles. The molecule has 3 nitrogen and oxygen atoms in total. The summed E-state index contributed by atoms with van der Waals surface area (Å²) in [7, 11) is 0. The molecule has 0 saturated carbocycles. The number of nitrogens with zero attached hydrogens (tertiary/aromatic N) is 3. The van der Waals surface area contributed by atoms with Crippen molar-refractivity contribution in [3.05, 3.63) is 187 Å². The average Bonchev–Trinajstić information content (AvgIpc) is 3.69. The fourth-order valence-electron chi connectivity index (χ4n) is 8.99. The fraction of sp³-hybridized carbons (Fsp3) is 0.0588. The van der Waals surface area contributed by atoms with Crippen molar-refractivity contribution in [1.29, 1.82) is 0 Å². The summed E-state index contributed by atoms with van der Waals surface area (Å²) in [5.41, 5.74) is 14.9. The summed E-state index contributed by atoms with van der Waals surface area (Å²) in [6.07, 6.45) is 0. The van der Waals surface area contributed by atoms with Gasteiger partial charge in [-0.15, -0.1) is 0 Å². The highest BCUT2D eigenvalue weighted by Gasteiger charge is 2.37. The first-order chi connectivity index (χ1) is 26.5. The molecule has 0 spiro atoms. The van der Waals surface area contributed by atoms with Gasteiger partial charge < -0.3 is 4.57 Å². The van der Waals surface area contributed by atoms with E-state index < -0.39 is 0 Å². The Morgan fingerprint density at radius 2 is 1.17 bits per heavy atom. The number of fused-ring (bicyclic) bond motifs is 10. The Labute approximate surface area is 313 Å². The molecule has 0 amide bonds. The Morgan fingerprint density at radius 3 is 2.04 bits per heavy atom. The molecule has 10 aromatic rings. The monoisotopic (exact) mass is 689 g/mol. The summed E-state index contributed by atoms with van der Waals surface area (Å²) in [5, 5.41) is 6.08. The van der Waals surface area contributed by atoms with Crippen LogP contribution in [0, 0.1) is 0 Å². The van der Waals surface area contributed by atoms with Crippen molar-refractivity contribution >= 4 is 43.5 Å². The van der Waals surface area contributed by atoms with Crippen molar-refractivity contribution in [3.8, 4) is 50.6 Å². The van der Waals surface area contributed by atoms with Gasteiger partial charge in [0.05, 0.1) is 22.2 Å². The van der Waals surface area contributed by atoms with E-state index in [9.17, 15) is 0 Å². The van der Waals surface area contributed by atoms with Crippen molar-refractivity contribution in [3.63, 3.8) is 0 Å². The van der Waals surface area contributed by atoms with Gasteiger partial charge >= 0.3 is 0 Å². The van der Waals surface area contributed by atoms with E-state index in [1.54, 1.807) is 0 Å². The smallest absolute Gasteiger partial charge is 0.160 e. The van der Waals surface area contributed by atoms with Crippen LogP contribution >= 0.6 is 0 Å². The number of aromatic nitrogens is 3. The lowest BCUT2D eigenvalue weighted by molar-refractivity contribution is 0.661. The van der Waals surface area contributed by atoms with Crippen molar-refractivity contribution < 1.29 is 0 Å². The van der Waals surface area contributed by atoms with Gasteiger partial charge in [0.15, 0.2) is 5.82 Å². The molecule has 0 fully saturated rings. The molecular weight excluding hydrogens is 655 g/mol. The lowest BCUT2D eigenvalue weighted by atomic mass is 9.82. The van der Waals surface area contributed by atoms with Crippen molar-refractivity contribution in [2.45, 2.75) is 19.3 Å². The lowest BCUT2D eigenvalue weighted by Gasteiger charge is -2.21. The minimum Gasteiger partial charge on any atom is -0.309 e. The summed E-state index contributed by atoms with van der Waals surface area (Å²) in [6, 6.07) is 63.4. The van der Waals surface area contributed by atoms with E-state index in [2.05, 4.69) is 194 Å². The molecule has 0 aliphatic heterocycles. The Hall–Kier alpha value is -6.84. The third-order valence-electron chi connectivity index (χ3n) is 11.6. The van der Waals surface area contributed by atoms with Crippen LogP contribution < -0.4 is 0 Å². The number of para-hydroxylation sites is 1. The van der Waals surface area contributed by atoms with E-state index in [4.69, 9.17) is 9.97 Å². The molecule has 0 unspecified atom stereocenters. The van der Waals surface area contributed by atoms with Crippen LogP contribution in [0.15, 0.2) is 176 Å². The second-order valence-electron chi connectivity index (χ2n) is 15.0. The predicted octanol–water partition coefficient (Wildman–Crippen LogP) is 13.2. The third kappa shape index (κ3) is 4.48. The molecule has 0 radical (unpaired) electrons. The van der Waals surface area contributed by atoms with Gasteiger partial charge in [-0.2, -0.15) is 0 Å². The van der Waals surface area contributed by atoms with Gasteiger partial charge in [0.1, 0.15) is 0 Å². The molecule has 1 aliphatic carbocycles. The minimum atomic E-state index is -0.119. The average molecular weight is 690 g/mol. The molecule has 3 heteroatoms. The largest absolute Gasteiger partial charge is 0.309 e. The zero-order chi connectivity index (χ0) is 36.0. The normalized spacial score (nSPS) is 13.1. The number of hydrogen-bond acceptors (Lipinski definition) is 2. The molecule has 54 heavy (non-hydrogen) atoms. The van der Waals surface area contributed by atoms with Crippen LogP contribution in [-0.2, 0) is 5.41 Å². The highest BCUT2D eigenvalue weighted by atomic mass is 15.0.